The van der Waals surface area contributed by atoms with Gasteiger partial charge in [-0.05, 0) is 36.4 Å². The fraction of sp³-hybridized carbons (Fsp3) is 0.0952. The van der Waals surface area contributed by atoms with Crippen molar-refractivity contribution in [3.05, 3.63) is 66.9 Å². The Kier molecular flexibility index (Phi) is 5.24. The van der Waals surface area contributed by atoms with Crippen molar-refractivity contribution in [2.45, 2.75) is 0 Å². The third-order valence-electron chi connectivity index (χ3n) is 3.93. The van der Waals surface area contributed by atoms with Crippen LogP contribution in [0.15, 0.2) is 66.9 Å². The van der Waals surface area contributed by atoms with Crippen LogP contribution in [0.4, 0.5) is 11.4 Å². The maximum Gasteiger partial charge on any atom is 0.262 e. The topological polar surface area (TPSA) is 98.8 Å². The van der Waals surface area contributed by atoms with Crippen molar-refractivity contribution in [2.75, 3.05) is 23.8 Å². The number of hydrogen-bond donors (Lipinski definition) is 2. The molecule has 0 unspecified atom stereocenters. The number of anilines is 2. The Bertz CT molecular complexity index is 1040. The molecular formula is C21H17N3O5. The Labute approximate surface area is 166 Å². The van der Waals surface area contributed by atoms with Crippen LogP contribution in [0.1, 0.15) is 0 Å². The zero-order chi connectivity index (χ0) is 20.1. The minimum atomic E-state index is -0.343. The number of carbonyl (C=O) groups excluding carboxylic acids is 2. The van der Waals surface area contributed by atoms with Gasteiger partial charge in [-0.2, -0.15) is 0 Å². The van der Waals surface area contributed by atoms with Crippen LogP contribution in [0.2, 0.25) is 0 Å². The lowest BCUT2D eigenvalue weighted by Crippen LogP contribution is -2.25. The quantitative estimate of drug-likeness (QED) is 0.669. The van der Waals surface area contributed by atoms with E-state index in [0.717, 1.165) is 0 Å². The molecular weight excluding hydrogens is 374 g/mol. The highest BCUT2D eigenvalue weighted by molar-refractivity contribution is 5.97. The Morgan fingerprint density at radius 1 is 1.10 bits per heavy atom. The number of hydrogen-bond acceptors (Lipinski definition) is 6. The summed E-state index contributed by atoms with van der Waals surface area (Å²) in [5.74, 6) is 1.47. The van der Waals surface area contributed by atoms with E-state index in [2.05, 4.69) is 15.6 Å². The van der Waals surface area contributed by atoms with Crippen LogP contribution in [0.3, 0.4) is 0 Å². The van der Waals surface area contributed by atoms with E-state index in [1.165, 1.54) is 0 Å². The van der Waals surface area contributed by atoms with Gasteiger partial charge in [0.25, 0.3) is 11.8 Å². The van der Waals surface area contributed by atoms with Gasteiger partial charge in [-0.15, -0.1) is 0 Å². The van der Waals surface area contributed by atoms with Crippen molar-refractivity contribution in [3.63, 3.8) is 0 Å². The number of nitrogens with zero attached hydrogens (tertiary/aromatic N) is 1. The van der Waals surface area contributed by atoms with E-state index in [4.69, 9.17) is 14.2 Å². The molecule has 0 aliphatic carbocycles. The van der Waals surface area contributed by atoms with Gasteiger partial charge in [0.05, 0.1) is 5.69 Å². The molecule has 2 amide bonds. The normalized spacial score (nSPS) is 12.2. The highest BCUT2D eigenvalue weighted by Gasteiger charge is 2.16. The van der Waals surface area contributed by atoms with Gasteiger partial charge < -0.3 is 24.8 Å². The monoisotopic (exact) mass is 391 g/mol. The summed E-state index contributed by atoms with van der Waals surface area (Å²) in [6.45, 7) is -0.206. The summed E-state index contributed by atoms with van der Waals surface area (Å²) in [5.41, 5.74) is 1.04. The molecule has 0 radical (unpaired) electrons. The van der Waals surface area contributed by atoms with Crippen LogP contribution in [-0.2, 0) is 9.59 Å². The van der Waals surface area contributed by atoms with Crippen LogP contribution in [-0.4, -0.2) is 30.0 Å². The molecule has 1 aliphatic rings. The summed E-state index contributed by atoms with van der Waals surface area (Å²) in [5, 5.41) is 5.41. The van der Waals surface area contributed by atoms with Gasteiger partial charge in [-0.1, -0.05) is 12.1 Å². The highest BCUT2D eigenvalue weighted by atomic mass is 16.5. The lowest BCUT2D eigenvalue weighted by atomic mass is 10.2. The van der Waals surface area contributed by atoms with Crippen molar-refractivity contribution in [3.8, 4) is 23.1 Å². The molecule has 0 saturated heterocycles. The first-order valence-corrected chi connectivity index (χ1v) is 8.84. The molecule has 1 aliphatic heterocycles. The lowest BCUT2D eigenvalue weighted by Gasteiger charge is -2.18. The molecule has 0 fully saturated rings. The largest absolute Gasteiger partial charge is 0.484 e. The average molecular weight is 391 g/mol. The zero-order valence-corrected chi connectivity index (χ0v) is 15.3. The Morgan fingerprint density at radius 3 is 2.86 bits per heavy atom. The maximum atomic E-state index is 12.2. The van der Waals surface area contributed by atoms with Crippen LogP contribution in [0, 0.1) is 0 Å². The second kappa shape index (κ2) is 8.30. The molecule has 0 spiro atoms. The van der Waals surface area contributed by atoms with Crippen LogP contribution in [0.25, 0.3) is 0 Å². The number of pyridine rings is 1. The Morgan fingerprint density at radius 2 is 2.00 bits per heavy atom. The number of aromatic nitrogens is 1. The lowest BCUT2D eigenvalue weighted by molar-refractivity contribution is -0.119. The second-order valence-electron chi connectivity index (χ2n) is 6.13. The number of amides is 2. The van der Waals surface area contributed by atoms with Gasteiger partial charge in [-0.25, -0.2) is 4.98 Å². The van der Waals surface area contributed by atoms with E-state index in [-0.39, 0.29) is 25.0 Å². The van der Waals surface area contributed by atoms with E-state index in [0.29, 0.717) is 34.5 Å². The first-order valence-electron chi connectivity index (χ1n) is 8.84. The summed E-state index contributed by atoms with van der Waals surface area (Å²) < 4.78 is 16.5. The number of carbonyl (C=O) groups is 2. The van der Waals surface area contributed by atoms with Crippen molar-refractivity contribution in [2.24, 2.45) is 0 Å². The molecule has 3 aromatic rings. The third kappa shape index (κ3) is 4.81. The predicted molar refractivity (Wildman–Crippen MR) is 105 cm³/mol. The van der Waals surface area contributed by atoms with Gasteiger partial charge >= 0.3 is 0 Å². The minimum Gasteiger partial charge on any atom is -0.484 e. The SMILES string of the molecule is O=C(COc1cccc(Oc2ccccn2)c1)Nc1ccc2c(c1)NC(=O)CO2. The van der Waals surface area contributed by atoms with E-state index < -0.39 is 0 Å². The highest BCUT2D eigenvalue weighted by Crippen LogP contribution is 2.30. The number of rotatable bonds is 6. The van der Waals surface area contributed by atoms with Gasteiger partial charge in [0.2, 0.25) is 5.88 Å². The molecule has 8 nitrogen and oxygen atoms in total. The predicted octanol–water partition coefficient (Wildman–Crippen LogP) is 3.22. The number of benzene rings is 2. The first-order chi connectivity index (χ1) is 14.2. The zero-order valence-electron chi connectivity index (χ0n) is 15.3. The van der Waals surface area contributed by atoms with Gasteiger partial charge in [0.15, 0.2) is 13.2 Å². The molecule has 146 valence electrons. The summed E-state index contributed by atoms with van der Waals surface area (Å²) in [6.07, 6.45) is 1.64. The molecule has 0 atom stereocenters. The summed E-state index contributed by atoms with van der Waals surface area (Å²) in [6, 6.07) is 17.3. The van der Waals surface area contributed by atoms with Crippen LogP contribution in [0.5, 0.6) is 23.1 Å². The Balaban J connectivity index is 1.33. The van der Waals surface area contributed by atoms with Gasteiger partial charge in [-0.3, -0.25) is 9.59 Å². The summed E-state index contributed by atoms with van der Waals surface area (Å²) >= 11 is 0. The summed E-state index contributed by atoms with van der Waals surface area (Å²) in [7, 11) is 0. The fourth-order valence-corrected chi connectivity index (χ4v) is 2.66. The molecule has 8 heteroatoms. The minimum absolute atomic E-state index is 0.0182. The van der Waals surface area contributed by atoms with Gasteiger partial charge in [0, 0.05) is 24.0 Å². The molecule has 2 aromatic carbocycles. The molecule has 2 heterocycles. The molecule has 2 N–H and O–H groups in total. The fourth-order valence-electron chi connectivity index (χ4n) is 2.66. The molecule has 0 saturated carbocycles. The van der Waals surface area contributed by atoms with Crippen molar-refractivity contribution in [1.82, 2.24) is 4.98 Å². The van der Waals surface area contributed by atoms with Crippen molar-refractivity contribution >= 4 is 23.2 Å². The first kappa shape index (κ1) is 18.3. The second-order valence-corrected chi connectivity index (χ2v) is 6.13. The summed E-state index contributed by atoms with van der Waals surface area (Å²) in [4.78, 5) is 27.7. The van der Waals surface area contributed by atoms with Crippen molar-refractivity contribution < 1.29 is 23.8 Å². The van der Waals surface area contributed by atoms with E-state index in [1.807, 2.05) is 6.07 Å². The number of ether oxygens (including phenoxy) is 3. The van der Waals surface area contributed by atoms with Crippen LogP contribution >= 0.6 is 0 Å². The molecule has 29 heavy (non-hydrogen) atoms. The Hall–Kier alpha value is -4.07. The molecule has 1 aromatic heterocycles. The van der Waals surface area contributed by atoms with Crippen LogP contribution < -0.4 is 24.8 Å². The standard InChI is InChI=1S/C21H17N3O5/c25-19(23-14-7-8-18-17(10-14)24-20(26)13-28-18)12-27-15-4-3-5-16(11-15)29-21-6-1-2-9-22-21/h1-11H,12-13H2,(H,23,25)(H,24,26). The van der Waals surface area contributed by atoms with E-state index in [1.54, 1.807) is 60.8 Å². The van der Waals surface area contributed by atoms with E-state index >= 15 is 0 Å². The number of fused-ring (bicyclic) bond motifs is 1. The average Bonchev–Trinajstić information content (AvgIpc) is 2.73. The third-order valence-corrected chi connectivity index (χ3v) is 3.93. The number of nitrogens with one attached hydrogen (secondary N) is 2. The smallest absolute Gasteiger partial charge is 0.262 e. The maximum absolute atomic E-state index is 12.2. The van der Waals surface area contributed by atoms with Gasteiger partial charge in [0.1, 0.15) is 17.2 Å². The van der Waals surface area contributed by atoms with E-state index in [9.17, 15) is 9.59 Å². The van der Waals surface area contributed by atoms with Crippen molar-refractivity contribution in [1.29, 1.82) is 0 Å². The molecule has 4 rings (SSSR count). The molecule has 0 bridgehead atoms.